The number of hydrogen-bond donors (Lipinski definition) is 2. The summed E-state index contributed by atoms with van der Waals surface area (Å²) >= 11 is 0. The van der Waals surface area contributed by atoms with Gasteiger partial charge >= 0.3 is 17.9 Å². The number of aliphatic carboxylic acids is 2. The second kappa shape index (κ2) is 7.47. The summed E-state index contributed by atoms with van der Waals surface area (Å²) in [7, 11) is 0. The Labute approximate surface area is 105 Å². The minimum atomic E-state index is -1.66. The quantitative estimate of drug-likeness (QED) is 0.481. The van der Waals surface area contributed by atoms with Crippen LogP contribution in [0.4, 0.5) is 0 Å². The molecule has 0 aliphatic carbocycles. The lowest BCUT2D eigenvalue weighted by Crippen LogP contribution is -2.43. The van der Waals surface area contributed by atoms with E-state index in [1.54, 1.807) is 6.92 Å². The molecule has 0 rings (SSSR count). The smallest absolute Gasteiger partial charge is 0.348 e. The maximum Gasteiger partial charge on any atom is 0.348 e. The summed E-state index contributed by atoms with van der Waals surface area (Å²) in [4.78, 5) is 32.9. The highest BCUT2D eigenvalue weighted by Gasteiger charge is 2.41. The summed E-state index contributed by atoms with van der Waals surface area (Å²) in [6.45, 7) is 4.97. The van der Waals surface area contributed by atoms with Gasteiger partial charge in [0, 0.05) is 12.5 Å². The van der Waals surface area contributed by atoms with E-state index in [0.717, 1.165) is 6.08 Å². The molecule has 0 aliphatic heterocycles. The van der Waals surface area contributed by atoms with Gasteiger partial charge in [0.15, 0.2) is 0 Å². The molecule has 0 spiro atoms. The highest BCUT2D eigenvalue weighted by Crippen LogP contribution is 2.26. The van der Waals surface area contributed by atoms with Gasteiger partial charge in [0.1, 0.15) is 0 Å². The van der Waals surface area contributed by atoms with Crippen molar-refractivity contribution < 1.29 is 29.3 Å². The van der Waals surface area contributed by atoms with Crippen molar-refractivity contribution in [1.29, 1.82) is 0 Å². The van der Waals surface area contributed by atoms with E-state index in [-0.39, 0.29) is 25.7 Å². The first-order valence-electron chi connectivity index (χ1n) is 5.68. The van der Waals surface area contributed by atoms with Gasteiger partial charge in [-0.3, -0.25) is 4.79 Å². The maximum absolute atomic E-state index is 11.3. The van der Waals surface area contributed by atoms with Crippen LogP contribution in [0.2, 0.25) is 0 Å². The molecule has 0 heterocycles. The molecule has 0 saturated heterocycles. The van der Waals surface area contributed by atoms with Crippen LogP contribution in [0, 0.1) is 0 Å². The van der Waals surface area contributed by atoms with Gasteiger partial charge in [-0.1, -0.05) is 19.9 Å². The van der Waals surface area contributed by atoms with Gasteiger partial charge in [0.05, 0.1) is 0 Å². The molecule has 0 fully saturated rings. The minimum Gasteiger partial charge on any atom is -0.481 e. The minimum absolute atomic E-state index is 0.0257. The Balaban J connectivity index is 4.84. The van der Waals surface area contributed by atoms with Crippen LogP contribution in [0.15, 0.2) is 12.7 Å². The highest BCUT2D eigenvalue weighted by atomic mass is 16.6. The van der Waals surface area contributed by atoms with Crippen LogP contribution in [0.5, 0.6) is 0 Å². The van der Waals surface area contributed by atoms with Gasteiger partial charge in [0.2, 0.25) is 5.60 Å². The van der Waals surface area contributed by atoms with Crippen LogP contribution < -0.4 is 0 Å². The number of hydrogen-bond acceptors (Lipinski definition) is 4. The van der Waals surface area contributed by atoms with Crippen LogP contribution in [-0.4, -0.2) is 33.7 Å². The van der Waals surface area contributed by atoms with E-state index in [1.807, 2.05) is 0 Å². The number of carboxylic acids is 2. The molecule has 6 heteroatoms. The lowest BCUT2D eigenvalue weighted by molar-refractivity contribution is -0.177. The van der Waals surface area contributed by atoms with Crippen molar-refractivity contribution in [2.45, 2.75) is 44.6 Å². The molecule has 2 N–H and O–H groups in total. The summed E-state index contributed by atoms with van der Waals surface area (Å²) < 4.78 is 4.92. The molecular weight excluding hydrogens is 240 g/mol. The number of esters is 1. The van der Waals surface area contributed by atoms with Crippen molar-refractivity contribution in [2.75, 3.05) is 0 Å². The summed E-state index contributed by atoms with van der Waals surface area (Å²) in [5.74, 6) is -3.09. The van der Waals surface area contributed by atoms with Crippen LogP contribution in [0.3, 0.4) is 0 Å². The Morgan fingerprint density at radius 1 is 1.28 bits per heavy atom. The standard InChI is InChI=1S/C12H18O6/c1-3-7-12(11(16)17,18-10(15)4-2)8-5-6-9(13)14/h4H,2-3,5-8H2,1H3,(H,13,14)(H,16,17). The first-order chi connectivity index (χ1) is 8.38. The third kappa shape index (κ3) is 4.99. The van der Waals surface area contributed by atoms with Gasteiger partial charge in [0.25, 0.3) is 0 Å². The molecule has 0 bridgehead atoms. The topological polar surface area (TPSA) is 101 Å². The normalized spacial score (nSPS) is 13.4. The molecule has 1 atom stereocenters. The van der Waals surface area contributed by atoms with Crippen LogP contribution in [0.1, 0.15) is 39.0 Å². The second-order valence-electron chi connectivity index (χ2n) is 3.92. The van der Waals surface area contributed by atoms with Crippen molar-refractivity contribution in [3.8, 4) is 0 Å². The predicted molar refractivity (Wildman–Crippen MR) is 63.1 cm³/mol. The van der Waals surface area contributed by atoms with Gasteiger partial charge in [-0.05, 0) is 19.3 Å². The largest absolute Gasteiger partial charge is 0.481 e. The molecule has 0 aromatic heterocycles. The maximum atomic E-state index is 11.3. The first kappa shape index (κ1) is 16.1. The van der Waals surface area contributed by atoms with Crippen molar-refractivity contribution >= 4 is 17.9 Å². The Morgan fingerprint density at radius 2 is 1.89 bits per heavy atom. The summed E-state index contributed by atoms with van der Waals surface area (Å²) in [5, 5.41) is 17.7. The molecule has 18 heavy (non-hydrogen) atoms. The number of carboxylic acid groups (broad SMARTS) is 2. The molecule has 0 amide bonds. The fourth-order valence-corrected chi connectivity index (χ4v) is 1.65. The summed E-state index contributed by atoms with van der Waals surface area (Å²) in [5.41, 5.74) is -1.66. The van der Waals surface area contributed by atoms with E-state index in [2.05, 4.69) is 6.58 Å². The SMILES string of the molecule is C=CC(=O)OC(CCC)(CCCC(=O)O)C(=O)O. The predicted octanol–water partition coefficient (Wildman–Crippen LogP) is 1.59. The summed E-state index contributed by atoms with van der Waals surface area (Å²) in [6.07, 6.45) is 1.48. The second-order valence-corrected chi connectivity index (χ2v) is 3.92. The highest BCUT2D eigenvalue weighted by molar-refractivity contribution is 5.86. The number of carbonyl (C=O) groups is 3. The van der Waals surface area contributed by atoms with Gasteiger partial charge in [-0.15, -0.1) is 0 Å². The lowest BCUT2D eigenvalue weighted by atomic mass is 9.91. The van der Waals surface area contributed by atoms with E-state index in [4.69, 9.17) is 9.84 Å². The fraction of sp³-hybridized carbons (Fsp3) is 0.583. The number of rotatable bonds is 9. The monoisotopic (exact) mass is 258 g/mol. The zero-order chi connectivity index (χ0) is 14.2. The Hall–Kier alpha value is -1.85. The van der Waals surface area contributed by atoms with Gasteiger partial charge in [-0.25, -0.2) is 9.59 Å². The van der Waals surface area contributed by atoms with E-state index >= 15 is 0 Å². The fourth-order valence-electron chi connectivity index (χ4n) is 1.65. The first-order valence-corrected chi connectivity index (χ1v) is 5.68. The molecule has 0 saturated carbocycles. The average Bonchev–Trinajstić information content (AvgIpc) is 2.28. The van der Waals surface area contributed by atoms with Crippen molar-refractivity contribution in [2.24, 2.45) is 0 Å². The number of ether oxygens (including phenoxy) is 1. The Bertz CT molecular complexity index is 335. The van der Waals surface area contributed by atoms with Crippen molar-refractivity contribution in [3.63, 3.8) is 0 Å². The lowest BCUT2D eigenvalue weighted by Gasteiger charge is -2.28. The molecular formula is C12H18O6. The summed E-state index contributed by atoms with van der Waals surface area (Å²) in [6, 6.07) is 0. The van der Waals surface area contributed by atoms with Crippen LogP contribution >= 0.6 is 0 Å². The average molecular weight is 258 g/mol. The molecule has 1 unspecified atom stereocenters. The van der Waals surface area contributed by atoms with E-state index < -0.39 is 23.5 Å². The molecule has 0 radical (unpaired) electrons. The van der Waals surface area contributed by atoms with E-state index in [0.29, 0.717) is 6.42 Å². The molecule has 102 valence electrons. The zero-order valence-electron chi connectivity index (χ0n) is 10.3. The third-order valence-corrected chi connectivity index (χ3v) is 2.48. The third-order valence-electron chi connectivity index (χ3n) is 2.48. The molecule has 6 nitrogen and oxygen atoms in total. The van der Waals surface area contributed by atoms with E-state index in [9.17, 15) is 19.5 Å². The Kier molecular flexibility index (Phi) is 6.70. The molecule has 0 aromatic carbocycles. The van der Waals surface area contributed by atoms with Crippen molar-refractivity contribution in [1.82, 2.24) is 0 Å². The zero-order valence-corrected chi connectivity index (χ0v) is 10.3. The number of carbonyl (C=O) groups excluding carboxylic acids is 1. The van der Waals surface area contributed by atoms with Crippen LogP contribution in [0.25, 0.3) is 0 Å². The van der Waals surface area contributed by atoms with Gasteiger partial charge < -0.3 is 14.9 Å². The molecule has 0 aromatic rings. The molecule has 0 aliphatic rings. The van der Waals surface area contributed by atoms with Crippen LogP contribution in [-0.2, 0) is 19.1 Å². The van der Waals surface area contributed by atoms with Gasteiger partial charge in [-0.2, -0.15) is 0 Å². The Morgan fingerprint density at radius 3 is 2.28 bits per heavy atom. The van der Waals surface area contributed by atoms with Crippen molar-refractivity contribution in [3.05, 3.63) is 12.7 Å². The van der Waals surface area contributed by atoms with E-state index in [1.165, 1.54) is 0 Å².